The van der Waals surface area contributed by atoms with Crippen molar-refractivity contribution < 1.29 is 23.4 Å². The molecule has 1 atom stereocenters. The Kier molecular flexibility index (Phi) is 4.01. The molecule has 0 spiro atoms. The fourth-order valence-corrected chi connectivity index (χ4v) is 3.99. The maximum Gasteiger partial charge on any atom is 0.339 e. The molecule has 0 bridgehead atoms. The van der Waals surface area contributed by atoms with Crippen LogP contribution in [0.1, 0.15) is 30.1 Å². The summed E-state index contributed by atoms with van der Waals surface area (Å²) in [5.74, 6) is -1.51. The van der Waals surface area contributed by atoms with E-state index in [0.29, 0.717) is 13.1 Å². The van der Waals surface area contributed by atoms with Gasteiger partial charge < -0.3 is 10.2 Å². The van der Waals surface area contributed by atoms with Gasteiger partial charge in [0, 0.05) is 13.1 Å². The Morgan fingerprint density at radius 1 is 1.40 bits per heavy atom. The molecular formula is C13H17NO5S. The van der Waals surface area contributed by atoms with Crippen LogP contribution in [0.4, 0.5) is 0 Å². The molecule has 2 N–H and O–H groups in total. The highest BCUT2D eigenvalue weighted by Gasteiger charge is 2.29. The standard InChI is InChI=1S/C13H17NO5S/c1-9-3-2-6-14(8-9)20(18,19)10-4-5-12(15)11(7-10)13(16)17/h4-5,7,9,15H,2-3,6,8H2,1H3,(H,16,17). The van der Waals surface area contributed by atoms with Crippen LogP contribution in [0.2, 0.25) is 0 Å². The lowest BCUT2D eigenvalue weighted by Gasteiger charge is -2.30. The molecule has 1 unspecified atom stereocenters. The maximum absolute atomic E-state index is 12.5. The van der Waals surface area contributed by atoms with Crippen LogP contribution in [-0.4, -0.2) is 42.0 Å². The number of rotatable bonds is 3. The van der Waals surface area contributed by atoms with Gasteiger partial charge in [0.2, 0.25) is 10.0 Å². The third-order valence-corrected chi connectivity index (χ3v) is 5.32. The van der Waals surface area contributed by atoms with Crippen LogP contribution in [-0.2, 0) is 10.0 Å². The lowest BCUT2D eigenvalue weighted by atomic mass is 10.0. The summed E-state index contributed by atoms with van der Waals surface area (Å²) >= 11 is 0. The van der Waals surface area contributed by atoms with Gasteiger partial charge in [-0.1, -0.05) is 6.92 Å². The number of carbonyl (C=O) groups is 1. The highest BCUT2D eigenvalue weighted by Crippen LogP contribution is 2.26. The minimum atomic E-state index is -3.71. The van der Waals surface area contributed by atoms with Crippen molar-refractivity contribution in [1.82, 2.24) is 4.31 Å². The van der Waals surface area contributed by atoms with Gasteiger partial charge in [-0.25, -0.2) is 13.2 Å². The Balaban J connectivity index is 2.39. The summed E-state index contributed by atoms with van der Waals surface area (Å²) < 4.78 is 26.3. The van der Waals surface area contributed by atoms with Crippen LogP contribution in [0.3, 0.4) is 0 Å². The molecule has 1 fully saturated rings. The van der Waals surface area contributed by atoms with E-state index in [1.54, 1.807) is 0 Å². The summed E-state index contributed by atoms with van der Waals surface area (Å²) in [6.07, 6.45) is 1.78. The van der Waals surface area contributed by atoms with E-state index in [4.69, 9.17) is 5.11 Å². The molecule has 0 aliphatic carbocycles. The highest BCUT2D eigenvalue weighted by atomic mass is 32.2. The fourth-order valence-electron chi connectivity index (χ4n) is 2.36. The minimum absolute atomic E-state index is 0.0956. The smallest absolute Gasteiger partial charge is 0.339 e. The Bertz CT molecular complexity index is 626. The molecule has 0 saturated carbocycles. The Morgan fingerprint density at radius 3 is 2.70 bits per heavy atom. The van der Waals surface area contributed by atoms with Crippen LogP contribution in [0.25, 0.3) is 0 Å². The van der Waals surface area contributed by atoms with Crippen molar-refractivity contribution in [1.29, 1.82) is 0 Å². The molecule has 1 aromatic rings. The number of carboxylic acids is 1. The summed E-state index contributed by atoms with van der Waals surface area (Å²) in [7, 11) is -3.71. The van der Waals surface area contributed by atoms with Gasteiger partial charge in [0.15, 0.2) is 0 Å². The number of benzene rings is 1. The molecule has 0 amide bonds. The normalized spacial score (nSPS) is 20.8. The number of nitrogens with zero attached hydrogens (tertiary/aromatic N) is 1. The first-order valence-electron chi connectivity index (χ1n) is 6.39. The first-order valence-corrected chi connectivity index (χ1v) is 7.83. The van der Waals surface area contributed by atoms with Gasteiger partial charge in [-0.3, -0.25) is 0 Å². The highest BCUT2D eigenvalue weighted by molar-refractivity contribution is 7.89. The summed E-state index contributed by atoms with van der Waals surface area (Å²) in [6, 6.07) is 3.34. The van der Waals surface area contributed by atoms with Crippen molar-refractivity contribution in [3.05, 3.63) is 23.8 Å². The number of phenols is 1. The van der Waals surface area contributed by atoms with E-state index in [2.05, 4.69) is 0 Å². The van der Waals surface area contributed by atoms with Crippen LogP contribution in [0, 0.1) is 5.92 Å². The van der Waals surface area contributed by atoms with Crippen molar-refractivity contribution in [2.24, 2.45) is 5.92 Å². The lowest BCUT2D eigenvalue weighted by molar-refractivity contribution is 0.0693. The number of hydrogen-bond donors (Lipinski definition) is 2. The zero-order chi connectivity index (χ0) is 14.9. The predicted molar refractivity (Wildman–Crippen MR) is 72.2 cm³/mol. The number of piperidine rings is 1. The van der Waals surface area contributed by atoms with Crippen molar-refractivity contribution in [2.75, 3.05) is 13.1 Å². The molecule has 1 aromatic carbocycles. The van der Waals surface area contributed by atoms with E-state index in [9.17, 15) is 18.3 Å². The first kappa shape index (κ1) is 14.8. The van der Waals surface area contributed by atoms with Gasteiger partial charge in [0.1, 0.15) is 11.3 Å². The SMILES string of the molecule is CC1CCCN(S(=O)(=O)c2ccc(O)c(C(=O)O)c2)C1. The fraction of sp³-hybridized carbons (Fsp3) is 0.462. The van der Waals surface area contributed by atoms with E-state index < -0.39 is 27.3 Å². The molecule has 6 nitrogen and oxygen atoms in total. The number of carboxylic acid groups (broad SMARTS) is 1. The largest absolute Gasteiger partial charge is 0.507 e. The summed E-state index contributed by atoms with van der Waals surface area (Å²) in [5, 5.41) is 18.4. The third-order valence-electron chi connectivity index (χ3n) is 3.46. The molecule has 7 heteroatoms. The second kappa shape index (κ2) is 5.41. The van der Waals surface area contributed by atoms with E-state index in [-0.39, 0.29) is 10.8 Å². The van der Waals surface area contributed by atoms with Crippen molar-refractivity contribution >= 4 is 16.0 Å². The number of sulfonamides is 1. The summed E-state index contributed by atoms with van der Waals surface area (Å²) in [4.78, 5) is 10.9. The third kappa shape index (κ3) is 2.78. The van der Waals surface area contributed by atoms with Gasteiger partial charge in [-0.15, -0.1) is 0 Å². The molecule has 2 rings (SSSR count). The molecule has 0 radical (unpaired) electrons. The molecule has 20 heavy (non-hydrogen) atoms. The average Bonchev–Trinajstić information content (AvgIpc) is 2.38. The molecule has 1 aliphatic heterocycles. The van der Waals surface area contributed by atoms with E-state index >= 15 is 0 Å². The van der Waals surface area contributed by atoms with Crippen LogP contribution >= 0.6 is 0 Å². The zero-order valence-corrected chi connectivity index (χ0v) is 11.9. The van der Waals surface area contributed by atoms with Crippen LogP contribution in [0.5, 0.6) is 5.75 Å². The van der Waals surface area contributed by atoms with Gasteiger partial charge in [0.05, 0.1) is 4.90 Å². The molecule has 1 aliphatic rings. The van der Waals surface area contributed by atoms with Gasteiger partial charge >= 0.3 is 5.97 Å². The molecule has 1 heterocycles. The van der Waals surface area contributed by atoms with Crippen LogP contribution in [0.15, 0.2) is 23.1 Å². The summed E-state index contributed by atoms with van der Waals surface area (Å²) in [6.45, 7) is 2.86. The van der Waals surface area contributed by atoms with E-state index in [1.807, 2.05) is 6.92 Å². The first-order chi connectivity index (χ1) is 9.32. The monoisotopic (exact) mass is 299 g/mol. The van der Waals surface area contributed by atoms with Crippen molar-refractivity contribution in [3.8, 4) is 5.75 Å². The number of hydrogen-bond acceptors (Lipinski definition) is 4. The van der Waals surface area contributed by atoms with E-state index in [1.165, 1.54) is 10.4 Å². The van der Waals surface area contributed by atoms with Crippen molar-refractivity contribution in [2.45, 2.75) is 24.7 Å². The zero-order valence-electron chi connectivity index (χ0n) is 11.1. The van der Waals surface area contributed by atoms with E-state index in [0.717, 1.165) is 25.0 Å². The minimum Gasteiger partial charge on any atom is -0.507 e. The number of aromatic carboxylic acids is 1. The van der Waals surface area contributed by atoms with Crippen LogP contribution < -0.4 is 0 Å². The maximum atomic E-state index is 12.5. The second-order valence-electron chi connectivity index (χ2n) is 5.09. The Morgan fingerprint density at radius 2 is 2.10 bits per heavy atom. The number of aromatic hydroxyl groups is 1. The summed E-state index contributed by atoms with van der Waals surface area (Å²) in [5.41, 5.74) is -0.406. The van der Waals surface area contributed by atoms with Gasteiger partial charge in [0.25, 0.3) is 0 Å². The molecular weight excluding hydrogens is 282 g/mol. The lowest BCUT2D eigenvalue weighted by Crippen LogP contribution is -2.39. The van der Waals surface area contributed by atoms with Crippen molar-refractivity contribution in [3.63, 3.8) is 0 Å². The topological polar surface area (TPSA) is 94.9 Å². The molecule has 1 saturated heterocycles. The molecule has 0 aromatic heterocycles. The van der Waals surface area contributed by atoms with Gasteiger partial charge in [-0.2, -0.15) is 4.31 Å². The molecule has 110 valence electrons. The quantitative estimate of drug-likeness (QED) is 0.882. The second-order valence-corrected chi connectivity index (χ2v) is 7.03. The Labute approximate surface area is 117 Å². The Hall–Kier alpha value is -1.60. The average molecular weight is 299 g/mol. The van der Waals surface area contributed by atoms with Gasteiger partial charge in [-0.05, 0) is 37.0 Å². The predicted octanol–water partition coefficient (Wildman–Crippen LogP) is 1.51.